The van der Waals surface area contributed by atoms with Gasteiger partial charge in [0.1, 0.15) is 0 Å². The van der Waals surface area contributed by atoms with Gasteiger partial charge < -0.3 is 15.3 Å². The predicted octanol–water partition coefficient (Wildman–Crippen LogP) is 3.57. The Hall–Kier alpha value is -1.62. The van der Waals surface area contributed by atoms with E-state index in [1.54, 1.807) is 12.4 Å². The van der Waals surface area contributed by atoms with Gasteiger partial charge in [-0.25, -0.2) is 4.79 Å². The number of hydrogen-bond donors (Lipinski definition) is 2. The molecule has 0 radical (unpaired) electrons. The number of nitrogens with one attached hydrogen (secondary N) is 1. The molecule has 5 heteroatoms. The molecule has 4 saturated carbocycles. The quantitative estimate of drug-likeness (QED) is 0.823. The Morgan fingerprint density at radius 2 is 1.64 bits per heavy atom. The molecule has 6 fully saturated rings. The molecule has 2 aliphatic heterocycles. The van der Waals surface area contributed by atoms with Gasteiger partial charge in [-0.05, 0) is 75.2 Å². The predicted molar refractivity (Wildman–Crippen MR) is 105 cm³/mol. The molecule has 0 spiro atoms. The summed E-state index contributed by atoms with van der Waals surface area (Å²) in [5.74, 6) is 2.50. The van der Waals surface area contributed by atoms with Gasteiger partial charge >= 0.3 is 6.03 Å². The van der Waals surface area contributed by atoms with Crippen LogP contribution in [-0.2, 0) is 5.60 Å². The van der Waals surface area contributed by atoms with Gasteiger partial charge in [0.15, 0.2) is 0 Å². The molecule has 6 aliphatic rings. The van der Waals surface area contributed by atoms with E-state index in [0.717, 1.165) is 36.2 Å². The van der Waals surface area contributed by atoms with E-state index >= 15 is 0 Å². The number of fused-ring (bicyclic) bond motifs is 2. The summed E-state index contributed by atoms with van der Waals surface area (Å²) >= 11 is 0. The van der Waals surface area contributed by atoms with E-state index in [9.17, 15) is 9.90 Å². The summed E-state index contributed by atoms with van der Waals surface area (Å²) in [6.07, 6.45) is 14.5. The Kier molecular flexibility index (Phi) is 3.66. The molecule has 2 amide bonds. The summed E-state index contributed by atoms with van der Waals surface area (Å²) in [5, 5.41) is 14.9. The molecule has 4 aliphatic carbocycles. The molecule has 6 bridgehead atoms. The topological polar surface area (TPSA) is 65.5 Å². The number of amides is 2. The fourth-order valence-corrected chi connectivity index (χ4v) is 7.99. The van der Waals surface area contributed by atoms with Crippen LogP contribution in [0.15, 0.2) is 24.5 Å². The molecule has 5 nitrogen and oxygen atoms in total. The molecule has 2 unspecified atom stereocenters. The van der Waals surface area contributed by atoms with Crippen LogP contribution in [-0.4, -0.2) is 38.6 Å². The molecular formula is C23H31N3O2. The number of nitrogens with zero attached hydrogens (tertiary/aromatic N) is 2. The maximum absolute atomic E-state index is 13.4. The van der Waals surface area contributed by atoms with E-state index in [1.807, 2.05) is 12.1 Å². The van der Waals surface area contributed by atoms with Crippen molar-refractivity contribution in [3.63, 3.8) is 0 Å². The largest absolute Gasteiger partial charge is 0.385 e. The van der Waals surface area contributed by atoms with Crippen LogP contribution in [0.25, 0.3) is 0 Å². The molecule has 2 saturated heterocycles. The molecule has 7 rings (SSSR count). The smallest absolute Gasteiger partial charge is 0.318 e. The second-order valence-corrected chi connectivity index (χ2v) is 10.6. The molecule has 1 aromatic heterocycles. The van der Waals surface area contributed by atoms with Gasteiger partial charge in [0, 0.05) is 48.4 Å². The summed E-state index contributed by atoms with van der Waals surface area (Å²) in [7, 11) is 0. The van der Waals surface area contributed by atoms with Crippen LogP contribution < -0.4 is 5.32 Å². The number of aliphatic hydroxyl groups is 1. The minimum Gasteiger partial charge on any atom is -0.385 e. The number of aromatic nitrogens is 1. The maximum Gasteiger partial charge on any atom is 0.318 e. The zero-order valence-electron chi connectivity index (χ0n) is 16.5. The van der Waals surface area contributed by atoms with Crippen LogP contribution in [0, 0.1) is 17.8 Å². The van der Waals surface area contributed by atoms with Gasteiger partial charge in [-0.3, -0.25) is 4.98 Å². The number of carbonyl (C=O) groups excluding carboxylic acids is 1. The Morgan fingerprint density at radius 3 is 2.18 bits per heavy atom. The molecule has 2 atom stereocenters. The first kappa shape index (κ1) is 17.3. The van der Waals surface area contributed by atoms with Crippen LogP contribution >= 0.6 is 0 Å². The molecular weight excluding hydrogens is 350 g/mol. The summed E-state index contributed by atoms with van der Waals surface area (Å²) in [4.78, 5) is 19.7. The number of pyridine rings is 1. The second kappa shape index (κ2) is 5.94. The summed E-state index contributed by atoms with van der Waals surface area (Å²) in [6, 6.07) is 4.28. The minimum atomic E-state index is -0.850. The Labute approximate surface area is 166 Å². The maximum atomic E-state index is 13.4. The molecule has 28 heavy (non-hydrogen) atoms. The highest BCUT2D eigenvalue weighted by Gasteiger charge is 2.54. The van der Waals surface area contributed by atoms with Crippen molar-refractivity contribution in [1.29, 1.82) is 0 Å². The van der Waals surface area contributed by atoms with E-state index in [-0.39, 0.29) is 23.7 Å². The van der Waals surface area contributed by atoms with Gasteiger partial charge in [-0.2, -0.15) is 0 Å². The van der Waals surface area contributed by atoms with Crippen LogP contribution in [0.1, 0.15) is 69.8 Å². The van der Waals surface area contributed by atoms with Crippen molar-refractivity contribution < 1.29 is 9.90 Å². The highest BCUT2D eigenvalue weighted by atomic mass is 16.3. The van der Waals surface area contributed by atoms with E-state index in [2.05, 4.69) is 15.2 Å². The highest BCUT2D eigenvalue weighted by molar-refractivity contribution is 5.76. The lowest BCUT2D eigenvalue weighted by Crippen LogP contribution is -2.64. The third kappa shape index (κ3) is 2.62. The summed E-state index contributed by atoms with van der Waals surface area (Å²) < 4.78 is 0. The molecule has 150 valence electrons. The highest BCUT2D eigenvalue weighted by Crippen LogP contribution is 2.56. The number of rotatable bonds is 2. The lowest BCUT2D eigenvalue weighted by molar-refractivity contribution is -0.0494. The van der Waals surface area contributed by atoms with Crippen LogP contribution in [0.2, 0.25) is 0 Å². The zero-order valence-corrected chi connectivity index (χ0v) is 16.5. The van der Waals surface area contributed by atoms with E-state index in [1.165, 1.54) is 38.5 Å². The molecule has 2 N–H and O–H groups in total. The van der Waals surface area contributed by atoms with Crippen molar-refractivity contribution >= 4 is 6.03 Å². The van der Waals surface area contributed by atoms with E-state index in [0.29, 0.717) is 12.8 Å². The third-order valence-electron chi connectivity index (χ3n) is 8.61. The monoisotopic (exact) mass is 381 g/mol. The van der Waals surface area contributed by atoms with Crippen molar-refractivity contribution in [2.75, 3.05) is 0 Å². The number of urea groups is 1. The van der Waals surface area contributed by atoms with Crippen molar-refractivity contribution in [1.82, 2.24) is 15.2 Å². The minimum absolute atomic E-state index is 0.0579. The SMILES string of the molecule is O=C(NC12CC3CC(CC(C3)C1)C2)N1C2CCC1CC(O)(c1cccnc1)C2. The zero-order chi connectivity index (χ0) is 18.9. The van der Waals surface area contributed by atoms with Crippen LogP contribution in [0.3, 0.4) is 0 Å². The molecule has 0 aromatic carbocycles. The number of piperidine rings is 1. The van der Waals surface area contributed by atoms with E-state index in [4.69, 9.17) is 0 Å². The average molecular weight is 382 g/mol. The number of carbonyl (C=O) groups is 1. The van der Waals surface area contributed by atoms with Gasteiger partial charge in [0.2, 0.25) is 0 Å². The molecule has 3 heterocycles. The Morgan fingerprint density at radius 1 is 1.04 bits per heavy atom. The lowest BCUT2D eigenvalue weighted by atomic mass is 9.53. The lowest BCUT2D eigenvalue weighted by Gasteiger charge is -2.57. The first-order valence-corrected chi connectivity index (χ1v) is 11.3. The van der Waals surface area contributed by atoms with Crippen molar-refractivity contribution in [2.24, 2.45) is 17.8 Å². The average Bonchev–Trinajstić information content (AvgIpc) is 2.93. The summed E-state index contributed by atoms with van der Waals surface area (Å²) in [6.45, 7) is 0. The van der Waals surface area contributed by atoms with Crippen LogP contribution in [0.5, 0.6) is 0 Å². The fourth-order valence-electron chi connectivity index (χ4n) is 7.99. The van der Waals surface area contributed by atoms with Crippen LogP contribution in [0.4, 0.5) is 4.79 Å². The van der Waals surface area contributed by atoms with Gasteiger partial charge in [-0.1, -0.05) is 6.07 Å². The molecule has 1 aromatic rings. The van der Waals surface area contributed by atoms with Crippen molar-refractivity contribution in [3.05, 3.63) is 30.1 Å². The van der Waals surface area contributed by atoms with Crippen molar-refractivity contribution in [3.8, 4) is 0 Å². The summed E-state index contributed by atoms with van der Waals surface area (Å²) in [5.41, 5.74) is 0.105. The standard InChI is InChI=1S/C23H31N3O2/c27-21(25-22-9-15-6-16(10-22)8-17(7-15)11-22)26-19-3-4-20(26)13-23(28,12-19)18-2-1-5-24-14-18/h1-2,5,14-17,19-20,28H,3-4,6-13H2,(H,25,27). The van der Waals surface area contributed by atoms with Gasteiger partial charge in [0.25, 0.3) is 0 Å². The third-order valence-corrected chi connectivity index (χ3v) is 8.61. The Balaban J connectivity index is 1.20. The fraction of sp³-hybridized carbons (Fsp3) is 0.739. The Bertz CT molecular complexity index is 730. The second-order valence-electron chi connectivity index (χ2n) is 10.6. The number of hydrogen-bond acceptors (Lipinski definition) is 3. The van der Waals surface area contributed by atoms with Gasteiger partial charge in [-0.15, -0.1) is 0 Å². The normalized spacial score (nSPS) is 46.0. The first-order valence-electron chi connectivity index (χ1n) is 11.3. The first-order chi connectivity index (χ1) is 13.5. The van der Waals surface area contributed by atoms with Gasteiger partial charge in [0.05, 0.1) is 5.60 Å². The van der Waals surface area contributed by atoms with Crippen molar-refractivity contribution in [2.45, 2.75) is 87.4 Å². The van der Waals surface area contributed by atoms with E-state index < -0.39 is 5.60 Å².